The topological polar surface area (TPSA) is 98.2 Å². The molecule has 0 saturated heterocycles. The predicted molar refractivity (Wildman–Crippen MR) is 51.1 cm³/mol. The van der Waals surface area contributed by atoms with Crippen molar-refractivity contribution in [2.45, 2.75) is 6.04 Å². The summed E-state index contributed by atoms with van der Waals surface area (Å²) in [6.07, 6.45) is 0. The third-order valence-corrected chi connectivity index (χ3v) is 1.69. The van der Waals surface area contributed by atoms with E-state index >= 15 is 0 Å². The summed E-state index contributed by atoms with van der Waals surface area (Å²) in [6.45, 7) is 0. The minimum atomic E-state index is -0.901. The highest BCUT2D eigenvalue weighted by Gasteiger charge is 2.16. The maximum Gasteiger partial charge on any atom is 0.318 e. The van der Waals surface area contributed by atoms with Gasteiger partial charge in [0.05, 0.1) is 0 Å². The number of nitrogens with one attached hydrogen (secondary N) is 1. The number of rotatable bonds is 2. The fourth-order valence-corrected chi connectivity index (χ4v) is 1.01. The number of primary amides is 1. The molecule has 1 rings (SSSR count). The SMILES string of the molecule is NC(=O)NC(=O)C(N)c1ccccc1. The highest BCUT2D eigenvalue weighted by molar-refractivity contribution is 5.96. The quantitative estimate of drug-likeness (QED) is 0.610. The van der Waals surface area contributed by atoms with E-state index in [0.29, 0.717) is 5.56 Å². The molecule has 3 amide bonds. The van der Waals surface area contributed by atoms with Gasteiger partial charge in [0, 0.05) is 0 Å². The van der Waals surface area contributed by atoms with Crippen molar-refractivity contribution in [1.29, 1.82) is 0 Å². The van der Waals surface area contributed by atoms with Crippen molar-refractivity contribution < 1.29 is 9.59 Å². The second-order valence-corrected chi connectivity index (χ2v) is 2.74. The van der Waals surface area contributed by atoms with Gasteiger partial charge in [0.25, 0.3) is 0 Å². The Morgan fingerprint density at radius 1 is 1.21 bits per heavy atom. The lowest BCUT2D eigenvalue weighted by molar-refractivity contribution is -0.121. The lowest BCUT2D eigenvalue weighted by atomic mass is 10.1. The van der Waals surface area contributed by atoms with Gasteiger partial charge in [-0.15, -0.1) is 0 Å². The summed E-state index contributed by atoms with van der Waals surface area (Å²) < 4.78 is 0. The van der Waals surface area contributed by atoms with Crippen molar-refractivity contribution in [2.24, 2.45) is 11.5 Å². The molecule has 0 saturated carbocycles. The minimum absolute atomic E-state index is 0.608. The van der Waals surface area contributed by atoms with E-state index in [9.17, 15) is 9.59 Å². The van der Waals surface area contributed by atoms with Crippen molar-refractivity contribution in [1.82, 2.24) is 5.32 Å². The lowest BCUT2D eigenvalue weighted by Gasteiger charge is -2.09. The molecule has 0 heterocycles. The molecular weight excluding hydrogens is 182 g/mol. The van der Waals surface area contributed by atoms with Gasteiger partial charge < -0.3 is 11.5 Å². The molecule has 5 N–H and O–H groups in total. The van der Waals surface area contributed by atoms with Gasteiger partial charge in [-0.3, -0.25) is 10.1 Å². The van der Waals surface area contributed by atoms with Crippen LogP contribution in [0.1, 0.15) is 11.6 Å². The molecule has 5 nitrogen and oxygen atoms in total. The van der Waals surface area contributed by atoms with E-state index in [-0.39, 0.29) is 0 Å². The van der Waals surface area contributed by atoms with Crippen LogP contribution in [0, 0.1) is 0 Å². The summed E-state index contributed by atoms with van der Waals surface area (Å²) in [4.78, 5) is 21.6. The fraction of sp³-hybridized carbons (Fsp3) is 0.111. The standard InChI is InChI=1S/C9H11N3O2/c10-7(8(13)12-9(11)14)6-4-2-1-3-5-6/h1-5,7H,10H2,(H3,11,12,13,14). The zero-order valence-corrected chi connectivity index (χ0v) is 7.44. The van der Waals surface area contributed by atoms with Crippen molar-refractivity contribution in [2.75, 3.05) is 0 Å². The first kappa shape index (κ1) is 10.2. The average molecular weight is 193 g/mol. The molecule has 0 fully saturated rings. The third kappa shape index (κ3) is 2.56. The Balaban J connectivity index is 2.71. The van der Waals surface area contributed by atoms with E-state index in [1.807, 2.05) is 11.4 Å². The second kappa shape index (κ2) is 4.38. The third-order valence-electron chi connectivity index (χ3n) is 1.69. The number of amides is 3. The molecule has 0 aromatic heterocycles. The van der Waals surface area contributed by atoms with Crippen molar-refractivity contribution in [3.8, 4) is 0 Å². The Kier molecular flexibility index (Phi) is 3.19. The molecule has 14 heavy (non-hydrogen) atoms. The number of hydrogen-bond acceptors (Lipinski definition) is 3. The molecule has 1 unspecified atom stereocenters. The summed E-state index contributed by atoms with van der Waals surface area (Å²) in [6, 6.07) is 6.95. The van der Waals surface area contributed by atoms with Gasteiger partial charge in [-0.05, 0) is 5.56 Å². The average Bonchev–Trinajstić information content (AvgIpc) is 2.17. The van der Waals surface area contributed by atoms with E-state index in [4.69, 9.17) is 11.5 Å². The number of hydrogen-bond donors (Lipinski definition) is 3. The van der Waals surface area contributed by atoms with Crippen LogP contribution in [0.3, 0.4) is 0 Å². The monoisotopic (exact) mass is 193 g/mol. The Bertz CT molecular complexity index is 337. The first-order chi connectivity index (χ1) is 6.61. The van der Waals surface area contributed by atoms with E-state index in [1.54, 1.807) is 24.3 Å². The second-order valence-electron chi connectivity index (χ2n) is 2.74. The van der Waals surface area contributed by atoms with Crippen LogP contribution in [-0.4, -0.2) is 11.9 Å². The molecule has 0 aliphatic heterocycles. The van der Waals surface area contributed by atoms with Gasteiger partial charge in [0.15, 0.2) is 0 Å². The smallest absolute Gasteiger partial charge is 0.318 e. The Morgan fingerprint density at radius 3 is 2.29 bits per heavy atom. The number of urea groups is 1. The highest BCUT2D eigenvalue weighted by Crippen LogP contribution is 2.08. The fourth-order valence-electron chi connectivity index (χ4n) is 1.01. The van der Waals surface area contributed by atoms with Crippen LogP contribution in [0.15, 0.2) is 30.3 Å². The molecule has 0 aliphatic carbocycles. The van der Waals surface area contributed by atoms with Gasteiger partial charge in [-0.25, -0.2) is 4.79 Å². The zero-order chi connectivity index (χ0) is 10.6. The van der Waals surface area contributed by atoms with Crippen molar-refractivity contribution in [3.63, 3.8) is 0 Å². The molecule has 74 valence electrons. The minimum Gasteiger partial charge on any atom is -0.351 e. The summed E-state index contributed by atoms with van der Waals surface area (Å²) in [7, 11) is 0. The van der Waals surface area contributed by atoms with Crippen LogP contribution >= 0.6 is 0 Å². The van der Waals surface area contributed by atoms with E-state index < -0.39 is 18.0 Å². The van der Waals surface area contributed by atoms with Crippen LogP contribution in [0.4, 0.5) is 4.79 Å². The van der Waals surface area contributed by atoms with Crippen LogP contribution in [0.5, 0.6) is 0 Å². The summed E-state index contributed by atoms with van der Waals surface area (Å²) in [5.74, 6) is -0.608. The number of benzene rings is 1. The van der Waals surface area contributed by atoms with Crippen LogP contribution in [0.2, 0.25) is 0 Å². The first-order valence-corrected chi connectivity index (χ1v) is 4.02. The van der Waals surface area contributed by atoms with E-state index in [2.05, 4.69) is 0 Å². The first-order valence-electron chi connectivity index (χ1n) is 4.02. The molecule has 0 aliphatic rings. The van der Waals surface area contributed by atoms with Crippen molar-refractivity contribution in [3.05, 3.63) is 35.9 Å². The largest absolute Gasteiger partial charge is 0.351 e. The molecule has 5 heteroatoms. The van der Waals surface area contributed by atoms with Gasteiger partial charge >= 0.3 is 6.03 Å². The number of carbonyl (C=O) groups is 2. The summed E-state index contributed by atoms with van der Waals surface area (Å²) in [5, 5.41) is 1.92. The van der Waals surface area contributed by atoms with Gasteiger partial charge in [0.2, 0.25) is 5.91 Å². The van der Waals surface area contributed by atoms with Crippen LogP contribution in [0.25, 0.3) is 0 Å². The van der Waals surface area contributed by atoms with E-state index in [0.717, 1.165) is 0 Å². The number of imide groups is 1. The van der Waals surface area contributed by atoms with Crippen molar-refractivity contribution >= 4 is 11.9 Å². The molecular formula is C9H11N3O2. The van der Waals surface area contributed by atoms with E-state index in [1.165, 1.54) is 0 Å². The summed E-state index contributed by atoms with van der Waals surface area (Å²) >= 11 is 0. The Morgan fingerprint density at radius 2 is 1.79 bits per heavy atom. The maximum atomic E-state index is 11.2. The molecule has 0 spiro atoms. The van der Waals surface area contributed by atoms with Crippen LogP contribution in [-0.2, 0) is 4.79 Å². The maximum absolute atomic E-state index is 11.2. The number of nitrogens with two attached hydrogens (primary N) is 2. The van der Waals surface area contributed by atoms with Crippen LogP contribution < -0.4 is 16.8 Å². The lowest BCUT2D eigenvalue weighted by Crippen LogP contribution is -2.40. The van der Waals surface area contributed by atoms with Gasteiger partial charge in [-0.2, -0.15) is 0 Å². The molecule has 0 radical (unpaired) electrons. The summed E-state index contributed by atoms with van der Waals surface area (Å²) in [5.41, 5.74) is 11.0. The number of carbonyl (C=O) groups excluding carboxylic acids is 2. The normalized spacial score (nSPS) is 11.8. The molecule has 1 atom stereocenters. The molecule has 0 bridgehead atoms. The highest BCUT2D eigenvalue weighted by atomic mass is 16.2. The van der Waals surface area contributed by atoms with Gasteiger partial charge in [0.1, 0.15) is 6.04 Å². The van der Waals surface area contributed by atoms with Gasteiger partial charge in [-0.1, -0.05) is 30.3 Å². The Hall–Kier alpha value is -1.88. The molecule has 1 aromatic carbocycles. The predicted octanol–water partition coefficient (Wildman–Crippen LogP) is -0.119. The Labute approximate surface area is 81.1 Å². The zero-order valence-electron chi connectivity index (χ0n) is 7.44. The molecule has 1 aromatic rings.